The zero-order valence-electron chi connectivity index (χ0n) is 5.35. The molecule has 0 saturated carbocycles. The molecule has 0 aromatic rings. The summed E-state index contributed by atoms with van der Waals surface area (Å²) in [7, 11) is 0. The van der Waals surface area contributed by atoms with E-state index in [9.17, 15) is 5.11 Å². The Hall–Kier alpha value is 0.0500. The quantitative estimate of drug-likeness (QED) is 0.584. The van der Waals surface area contributed by atoms with E-state index in [0.29, 0.717) is 0 Å². The Morgan fingerprint density at radius 1 is 1.88 bits per heavy atom. The highest BCUT2D eigenvalue weighted by atomic mass is 32.2. The van der Waals surface area contributed by atoms with Gasteiger partial charge >= 0.3 is 0 Å². The summed E-state index contributed by atoms with van der Waals surface area (Å²) in [5.74, 6) is 0.719. The highest BCUT2D eigenvalue weighted by molar-refractivity contribution is 7.98. The molecule has 0 aliphatic heterocycles. The Kier molecular flexibility index (Phi) is 3.17. The summed E-state index contributed by atoms with van der Waals surface area (Å²) in [6, 6.07) is 0. The van der Waals surface area contributed by atoms with Crippen LogP contribution in [-0.4, -0.2) is 22.7 Å². The van der Waals surface area contributed by atoms with Gasteiger partial charge in [-0.25, -0.2) is 0 Å². The van der Waals surface area contributed by atoms with Crippen LogP contribution in [0.1, 0.15) is 6.92 Å². The maximum absolute atomic E-state index is 9.18. The fraction of sp³-hybridized carbons (Fsp3) is 0.667. The third-order valence-electron chi connectivity index (χ3n) is 0.876. The second kappa shape index (κ2) is 3.15. The third-order valence-corrected chi connectivity index (χ3v) is 1.75. The van der Waals surface area contributed by atoms with Crippen molar-refractivity contribution in [2.45, 2.75) is 12.5 Å². The number of aliphatic hydroxyl groups is 1. The molecule has 0 bridgehead atoms. The fourth-order valence-corrected chi connectivity index (χ4v) is 1.05. The smallest absolute Gasteiger partial charge is 0.0886 e. The van der Waals surface area contributed by atoms with Crippen LogP contribution < -0.4 is 0 Å². The van der Waals surface area contributed by atoms with Gasteiger partial charge in [-0.2, -0.15) is 11.8 Å². The minimum Gasteiger partial charge on any atom is -0.385 e. The Morgan fingerprint density at radius 3 is 2.50 bits per heavy atom. The predicted octanol–water partition coefficient (Wildman–Crippen LogP) is 1.29. The van der Waals surface area contributed by atoms with Gasteiger partial charge in [-0.15, -0.1) is 6.58 Å². The van der Waals surface area contributed by atoms with E-state index in [-0.39, 0.29) is 0 Å². The molecule has 1 atom stereocenters. The van der Waals surface area contributed by atoms with Gasteiger partial charge in [-0.05, 0) is 13.2 Å². The van der Waals surface area contributed by atoms with Gasteiger partial charge in [0.15, 0.2) is 0 Å². The van der Waals surface area contributed by atoms with Gasteiger partial charge < -0.3 is 5.11 Å². The van der Waals surface area contributed by atoms with Crippen molar-refractivity contribution < 1.29 is 5.11 Å². The van der Waals surface area contributed by atoms with Crippen molar-refractivity contribution in [3.8, 4) is 0 Å². The van der Waals surface area contributed by atoms with Crippen molar-refractivity contribution >= 4 is 11.8 Å². The van der Waals surface area contributed by atoms with Crippen LogP contribution in [0.4, 0.5) is 0 Å². The second-order valence-electron chi connectivity index (χ2n) is 1.99. The Labute approximate surface area is 54.8 Å². The normalized spacial score (nSPS) is 17.4. The molecule has 48 valence electrons. The lowest BCUT2D eigenvalue weighted by molar-refractivity contribution is 0.138. The third kappa shape index (κ3) is 3.10. The molecule has 8 heavy (non-hydrogen) atoms. The van der Waals surface area contributed by atoms with Gasteiger partial charge in [0, 0.05) is 5.75 Å². The summed E-state index contributed by atoms with van der Waals surface area (Å²) in [6.45, 7) is 5.23. The van der Waals surface area contributed by atoms with Gasteiger partial charge in [-0.3, -0.25) is 0 Å². The van der Waals surface area contributed by atoms with Crippen LogP contribution in [0.25, 0.3) is 0 Å². The molecule has 1 N–H and O–H groups in total. The number of thioether (sulfide) groups is 1. The van der Waals surface area contributed by atoms with Crippen LogP contribution >= 0.6 is 11.8 Å². The summed E-state index contributed by atoms with van der Waals surface area (Å²) in [6.07, 6.45) is 3.52. The topological polar surface area (TPSA) is 20.2 Å². The SMILES string of the molecule is C=CC(C)(O)CSC. The molecule has 0 aliphatic rings. The maximum atomic E-state index is 9.18. The van der Waals surface area contributed by atoms with Gasteiger partial charge in [-0.1, -0.05) is 6.08 Å². The van der Waals surface area contributed by atoms with Crippen molar-refractivity contribution in [3.05, 3.63) is 12.7 Å². The zero-order chi connectivity index (χ0) is 6.62. The first kappa shape index (κ1) is 8.05. The average Bonchev–Trinajstić information content (AvgIpc) is 1.67. The van der Waals surface area contributed by atoms with Crippen molar-refractivity contribution in [1.29, 1.82) is 0 Å². The lowest BCUT2D eigenvalue weighted by Gasteiger charge is -2.15. The Balaban J connectivity index is 3.53. The lowest BCUT2D eigenvalue weighted by atomic mass is 10.1. The average molecular weight is 132 g/mol. The number of hydrogen-bond acceptors (Lipinski definition) is 2. The van der Waals surface area contributed by atoms with E-state index >= 15 is 0 Å². The van der Waals surface area contributed by atoms with Gasteiger partial charge in [0.2, 0.25) is 0 Å². The summed E-state index contributed by atoms with van der Waals surface area (Å²) >= 11 is 1.61. The van der Waals surface area contributed by atoms with E-state index in [1.54, 1.807) is 24.8 Å². The first-order valence-electron chi connectivity index (χ1n) is 2.47. The number of rotatable bonds is 3. The van der Waals surface area contributed by atoms with E-state index in [0.717, 1.165) is 5.75 Å². The molecule has 2 heteroatoms. The molecule has 1 nitrogen and oxygen atoms in total. The van der Waals surface area contributed by atoms with E-state index in [2.05, 4.69) is 6.58 Å². The maximum Gasteiger partial charge on any atom is 0.0886 e. The van der Waals surface area contributed by atoms with Crippen molar-refractivity contribution in [2.75, 3.05) is 12.0 Å². The first-order chi connectivity index (χ1) is 3.62. The summed E-state index contributed by atoms with van der Waals surface area (Å²) in [4.78, 5) is 0. The molecular formula is C6H12OS. The minimum absolute atomic E-state index is 0.681. The van der Waals surface area contributed by atoms with Crippen LogP contribution in [0.3, 0.4) is 0 Å². The molecular weight excluding hydrogens is 120 g/mol. The Morgan fingerprint density at radius 2 is 2.38 bits per heavy atom. The molecule has 0 aromatic carbocycles. The standard InChI is InChI=1S/C6H12OS/c1-4-6(2,7)5-8-3/h4,7H,1,5H2,2-3H3. The molecule has 0 rings (SSSR count). The monoisotopic (exact) mass is 132 g/mol. The summed E-state index contributed by atoms with van der Waals surface area (Å²) in [5.41, 5.74) is -0.681. The van der Waals surface area contributed by atoms with Crippen molar-refractivity contribution in [2.24, 2.45) is 0 Å². The fourth-order valence-electron chi connectivity index (χ4n) is 0.351. The van der Waals surface area contributed by atoms with E-state index in [1.807, 2.05) is 6.26 Å². The highest BCUT2D eigenvalue weighted by Gasteiger charge is 2.12. The predicted molar refractivity (Wildman–Crippen MR) is 39.2 cm³/mol. The molecule has 0 aromatic heterocycles. The summed E-state index contributed by atoms with van der Waals surface area (Å²) in [5, 5.41) is 9.18. The Bertz CT molecular complexity index is 78.6. The zero-order valence-corrected chi connectivity index (χ0v) is 6.16. The minimum atomic E-state index is -0.681. The van der Waals surface area contributed by atoms with Crippen LogP contribution in [-0.2, 0) is 0 Å². The van der Waals surface area contributed by atoms with Crippen LogP contribution in [0.2, 0.25) is 0 Å². The van der Waals surface area contributed by atoms with Crippen molar-refractivity contribution in [3.63, 3.8) is 0 Å². The summed E-state index contributed by atoms with van der Waals surface area (Å²) < 4.78 is 0. The van der Waals surface area contributed by atoms with Gasteiger partial charge in [0.05, 0.1) is 5.60 Å². The molecule has 0 aliphatic carbocycles. The highest BCUT2D eigenvalue weighted by Crippen LogP contribution is 2.10. The van der Waals surface area contributed by atoms with E-state index in [4.69, 9.17) is 0 Å². The van der Waals surface area contributed by atoms with E-state index < -0.39 is 5.60 Å². The van der Waals surface area contributed by atoms with Crippen LogP contribution in [0, 0.1) is 0 Å². The lowest BCUT2D eigenvalue weighted by Crippen LogP contribution is -2.23. The van der Waals surface area contributed by atoms with Crippen molar-refractivity contribution in [1.82, 2.24) is 0 Å². The second-order valence-corrected chi connectivity index (χ2v) is 2.86. The molecule has 0 radical (unpaired) electrons. The first-order valence-corrected chi connectivity index (χ1v) is 3.86. The molecule has 0 heterocycles. The van der Waals surface area contributed by atoms with Gasteiger partial charge in [0.1, 0.15) is 0 Å². The van der Waals surface area contributed by atoms with Crippen LogP contribution in [0.15, 0.2) is 12.7 Å². The van der Waals surface area contributed by atoms with Crippen LogP contribution in [0.5, 0.6) is 0 Å². The molecule has 0 fully saturated rings. The number of hydrogen-bond donors (Lipinski definition) is 1. The molecule has 1 unspecified atom stereocenters. The molecule has 0 spiro atoms. The van der Waals surface area contributed by atoms with Gasteiger partial charge in [0.25, 0.3) is 0 Å². The molecule has 0 saturated heterocycles. The largest absolute Gasteiger partial charge is 0.385 e. The molecule has 0 amide bonds. The van der Waals surface area contributed by atoms with E-state index in [1.165, 1.54) is 0 Å².